The van der Waals surface area contributed by atoms with Gasteiger partial charge in [0.25, 0.3) is 0 Å². The minimum absolute atomic E-state index is 0.0942. The molecular weight excluding hydrogens is 118 g/mol. The quantitative estimate of drug-likeness (QED) is 0.512. The lowest BCUT2D eigenvalue weighted by molar-refractivity contribution is -0.119. The van der Waals surface area contributed by atoms with Crippen LogP contribution in [0.3, 0.4) is 0 Å². The van der Waals surface area contributed by atoms with Crippen LogP contribution < -0.4 is 5.32 Å². The summed E-state index contributed by atoms with van der Waals surface area (Å²) in [4.78, 5) is 10.3. The number of rotatable bonds is 3. The van der Waals surface area contributed by atoms with Crippen LogP contribution in [0.4, 0.5) is 0 Å². The summed E-state index contributed by atoms with van der Waals surface area (Å²) in [6, 6.07) is -0.303. The number of nitrogens with one attached hydrogen (secondary N) is 1. The van der Waals surface area contributed by atoms with E-state index in [0.717, 1.165) is 0 Å². The van der Waals surface area contributed by atoms with Gasteiger partial charge in [-0.2, -0.15) is 0 Å². The molecule has 52 valence electrons. The van der Waals surface area contributed by atoms with Gasteiger partial charge in [0.2, 0.25) is 5.91 Å². The number of aliphatic hydroxyl groups excluding tert-OH is 1. The van der Waals surface area contributed by atoms with Crippen molar-refractivity contribution in [2.75, 3.05) is 6.61 Å². The topological polar surface area (TPSA) is 49.3 Å². The Labute approximate surface area is 54.4 Å². The number of amides is 1. The van der Waals surface area contributed by atoms with Crippen LogP contribution in [0.2, 0.25) is 0 Å². The molecule has 3 nitrogen and oxygen atoms in total. The van der Waals surface area contributed by atoms with Gasteiger partial charge in [-0.15, -0.1) is 6.58 Å². The van der Waals surface area contributed by atoms with Crippen molar-refractivity contribution in [1.29, 1.82) is 0 Å². The fourth-order valence-corrected chi connectivity index (χ4v) is 0.440. The van der Waals surface area contributed by atoms with Crippen LogP contribution in [0.1, 0.15) is 6.92 Å². The normalized spacial score (nSPS) is 12.2. The van der Waals surface area contributed by atoms with Crippen LogP contribution in [0.25, 0.3) is 0 Å². The molecule has 0 aliphatic rings. The molecule has 3 heteroatoms. The van der Waals surface area contributed by atoms with E-state index in [0.29, 0.717) is 0 Å². The second kappa shape index (κ2) is 4.09. The Morgan fingerprint density at radius 2 is 2.56 bits per heavy atom. The predicted molar refractivity (Wildman–Crippen MR) is 34.9 cm³/mol. The van der Waals surface area contributed by atoms with Crippen molar-refractivity contribution >= 4 is 5.91 Å². The van der Waals surface area contributed by atoms with Gasteiger partial charge >= 0.3 is 0 Å². The maximum absolute atomic E-state index is 10.3. The summed E-state index contributed by atoms with van der Waals surface area (Å²) in [6.07, 6.45) is 1.49. The van der Waals surface area contributed by atoms with E-state index in [4.69, 9.17) is 5.11 Å². The number of carbonyl (C=O) groups is 1. The SMILES string of the molecule is C=C[C@H](CO)NC(C)=O. The van der Waals surface area contributed by atoms with Crippen molar-refractivity contribution in [3.63, 3.8) is 0 Å². The van der Waals surface area contributed by atoms with Gasteiger partial charge in [-0.3, -0.25) is 4.79 Å². The molecule has 0 unspecified atom stereocenters. The molecule has 0 aliphatic heterocycles. The molecule has 0 saturated carbocycles. The number of hydrogen-bond donors (Lipinski definition) is 2. The van der Waals surface area contributed by atoms with Crippen molar-refractivity contribution in [2.45, 2.75) is 13.0 Å². The van der Waals surface area contributed by atoms with Gasteiger partial charge < -0.3 is 10.4 Å². The molecule has 1 atom stereocenters. The molecule has 0 spiro atoms. The molecule has 0 aliphatic carbocycles. The second-order valence-electron chi connectivity index (χ2n) is 1.73. The summed E-state index contributed by atoms with van der Waals surface area (Å²) in [7, 11) is 0. The van der Waals surface area contributed by atoms with Crippen molar-refractivity contribution in [3.05, 3.63) is 12.7 Å². The Balaban J connectivity index is 3.55. The summed E-state index contributed by atoms with van der Waals surface area (Å²) in [5.41, 5.74) is 0. The third-order valence-electron chi connectivity index (χ3n) is 0.870. The first-order valence-electron chi connectivity index (χ1n) is 2.71. The lowest BCUT2D eigenvalue weighted by Crippen LogP contribution is -2.33. The van der Waals surface area contributed by atoms with Crippen molar-refractivity contribution < 1.29 is 9.90 Å². The second-order valence-corrected chi connectivity index (χ2v) is 1.73. The largest absolute Gasteiger partial charge is 0.394 e. The van der Waals surface area contributed by atoms with E-state index in [1.54, 1.807) is 0 Å². The van der Waals surface area contributed by atoms with Crippen LogP contribution in [-0.4, -0.2) is 23.7 Å². The van der Waals surface area contributed by atoms with Crippen LogP contribution in [0.15, 0.2) is 12.7 Å². The summed E-state index contributed by atoms with van der Waals surface area (Å²) in [6.45, 7) is 4.71. The number of hydrogen-bond acceptors (Lipinski definition) is 2. The van der Waals surface area contributed by atoms with E-state index in [1.165, 1.54) is 13.0 Å². The molecule has 0 bridgehead atoms. The van der Waals surface area contributed by atoms with Crippen LogP contribution in [0.5, 0.6) is 0 Å². The molecular formula is C6H11NO2. The van der Waals surface area contributed by atoms with Gasteiger partial charge in [0.15, 0.2) is 0 Å². The van der Waals surface area contributed by atoms with E-state index in [9.17, 15) is 4.79 Å². The summed E-state index contributed by atoms with van der Waals surface area (Å²) in [5, 5.41) is 11.0. The van der Waals surface area contributed by atoms with Gasteiger partial charge in [-0.05, 0) is 0 Å². The summed E-state index contributed by atoms with van der Waals surface area (Å²) >= 11 is 0. The minimum atomic E-state index is -0.303. The first-order chi connectivity index (χ1) is 4.20. The Morgan fingerprint density at radius 3 is 2.67 bits per heavy atom. The summed E-state index contributed by atoms with van der Waals surface area (Å²) < 4.78 is 0. The lowest BCUT2D eigenvalue weighted by Gasteiger charge is -2.07. The predicted octanol–water partition coefficient (Wildman–Crippen LogP) is -0.331. The van der Waals surface area contributed by atoms with Crippen molar-refractivity contribution in [3.8, 4) is 0 Å². The number of carbonyl (C=O) groups excluding carboxylic acids is 1. The Bertz CT molecular complexity index is 112. The summed E-state index contributed by atoms with van der Waals surface area (Å²) in [5.74, 6) is -0.158. The zero-order chi connectivity index (χ0) is 7.28. The van der Waals surface area contributed by atoms with Crippen LogP contribution in [-0.2, 0) is 4.79 Å². The maximum atomic E-state index is 10.3. The molecule has 0 aromatic rings. The maximum Gasteiger partial charge on any atom is 0.217 e. The van der Waals surface area contributed by atoms with Crippen LogP contribution >= 0.6 is 0 Å². The zero-order valence-corrected chi connectivity index (χ0v) is 5.42. The molecule has 0 saturated heterocycles. The van der Waals surface area contributed by atoms with Crippen molar-refractivity contribution in [1.82, 2.24) is 5.32 Å². The smallest absolute Gasteiger partial charge is 0.217 e. The fourth-order valence-electron chi connectivity index (χ4n) is 0.440. The molecule has 0 aromatic carbocycles. The average molecular weight is 129 g/mol. The Morgan fingerprint density at radius 1 is 2.00 bits per heavy atom. The van der Waals surface area contributed by atoms with E-state index < -0.39 is 0 Å². The monoisotopic (exact) mass is 129 g/mol. The van der Waals surface area contributed by atoms with E-state index in [-0.39, 0.29) is 18.6 Å². The van der Waals surface area contributed by atoms with E-state index in [2.05, 4.69) is 11.9 Å². The van der Waals surface area contributed by atoms with Gasteiger partial charge in [0, 0.05) is 6.92 Å². The molecule has 9 heavy (non-hydrogen) atoms. The molecule has 0 rings (SSSR count). The lowest BCUT2D eigenvalue weighted by atomic mass is 10.3. The van der Waals surface area contributed by atoms with Gasteiger partial charge in [0.05, 0.1) is 12.6 Å². The van der Waals surface area contributed by atoms with Gasteiger partial charge in [-0.25, -0.2) is 0 Å². The molecule has 0 aromatic heterocycles. The average Bonchev–Trinajstić information content (AvgIpc) is 1.82. The highest BCUT2D eigenvalue weighted by Crippen LogP contribution is 1.80. The fraction of sp³-hybridized carbons (Fsp3) is 0.500. The highest BCUT2D eigenvalue weighted by Gasteiger charge is 2.00. The van der Waals surface area contributed by atoms with Crippen molar-refractivity contribution in [2.24, 2.45) is 0 Å². The molecule has 0 radical (unpaired) electrons. The molecule has 0 fully saturated rings. The number of aliphatic hydroxyl groups is 1. The van der Waals surface area contributed by atoms with E-state index >= 15 is 0 Å². The van der Waals surface area contributed by atoms with Crippen LogP contribution in [0, 0.1) is 0 Å². The molecule has 1 amide bonds. The third kappa shape index (κ3) is 3.73. The standard InChI is InChI=1S/C6H11NO2/c1-3-6(4-8)7-5(2)9/h3,6,8H,1,4H2,2H3,(H,7,9)/t6-/m1/s1. The Kier molecular flexibility index (Phi) is 3.71. The highest BCUT2D eigenvalue weighted by atomic mass is 16.3. The zero-order valence-electron chi connectivity index (χ0n) is 5.42. The Hall–Kier alpha value is -0.830. The minimum Gasteiger partial charge on any atom is -0.394 e. The molecule has 2 N–H and O–H groups in total. The third-order valence-corrected chi connectivity index (χ3v) is 0.870. The highest BCUT2D eigenvalue weighted by molar-refractivity contribution is 5.73. The molecule has 0 heterocycles. The first kappa shape index (κ1) is 8.17. The first-order valence-corrected chi connectivity index (χ1v) is 2.71. The van der Waals surface area contributed by atoms with Gasteiger partial charge in [0.1, 0.15) is 0 Å². The van der Waals surface area contributed by atoms with Gasteiger partial charge in [-0.1, -0.05) is 6.08 Å². The van der Waals surface area contributed by atoms with E-state index in [1.807, 2.05) is 0 Å².